The van der Waals surface area contributed by atoms with Crippen molar-refractivity contribution in [1.82, 2.24) is 15.6 Å². The summed E-state index contributed by atoms with van der Waals surface area (Å²) in [6.07, 6.45) is 7.42. The van der Waals surface area contributed by atoms with Crippen molar-refractivity contribution < 1.29 is 8.42 Å². The Morgan fingerprint density at radius 2 is 2.08 bits per heavy atom. The number of aliphatic imine (C=N–C) groups is 1. The third-order valence-electron chi connectivity index (χ3n) is 4.48. The van der Waals surface area contributed by atoms with Gasteiger partial charge in [0.2, 0.25) is 0 Å². The monoisotopic (exact) mass is 381 g/mol. The van der Waals surface area contributed by atoms with Gasteiger partial charge in [-0.1, -0.05) is 0 Å². The maximum Gasteiger partial charge on any atom is 0.191 e. The molecule has 2 heterocycles. The van der Waals surface area contributed by atoms with Crippen LogP contribution in [0.4, 0.5) is 5.82 Å². The van der Waals surface area contributed by atoms with Crippen molar-refractivity contribution >= 4 is 21.6 Å². The van der Waals surface area contributed by atoms with Crippen molar-refractivity contribution in [1.29, 1.82) is 0 Å². The van der Waals surface area contributed by atoms with E-state index >= 15 is 0 Å². The minimum atomic E-state index is -2.94. The zero-order valence-electron chi connectivity index (χ0n) is 16.0. The topological polar surface area (TPSA) is 86.7 Å². The molecule has 8 heteroatoms. The molecule has 0 saturated carbocycles. The molecule has 2 N–H and O–H groups in total. The smallest absolute Gasteiger partial charge is 0.191 e. The van der Waals surface area contributed by atoms with E-state index in [9.17, 15) is 8.42 Å². The first-order chi connectivity index (χ1) is 12.4. The third kappa shape index (κ3) is 7.19. The van der Waals surface area contributed by atoms with E-state index < -0.39 is 9.84 Å². The number of nitrogens with zero attached hydrogens (tertiary/aromatic N) is 3. The average Bonchev–Trinajstić information content (AvgIpc) is 2.64. The van der Waals surface area contributed by atoms with Gasteiger partial charge in [0, 0.05) is 45.2 Å². The van der Waals surface area contributed by atoms with Crippen LogP contribution in [0.25, 0.3) is 0 Å². The van der Waals surface area contributed by atoms with Crippen molar-refractivity contribution in [2.45, 2.75) is 45.2 Å². The number of piperidine rings is 1. The molecule has 1 aliphatic rings. The number of hydrogen-bond donors (Lipinski definition) is 2. The molecule has 1 aromatic rings. The molecule has 1 saturated heterocycles. The quantitative estimate of drug-likeness (QED) is 0.551. The normalized spacial score (nSPS) is 17.0. The van der Waals surface area contributed by atoms with Crippen LogP contribution in [0, 0.1) is 0 Å². The standard InChI is InChI=1S/C18H31N5O2S/c1-15(8-12-26(3,24)25)22-18(19-2)21-14-16-7-9-20-17(13-16)23-10-5-4-6-11-23/h7,9,13,15H,4-6,8,10-12,14H2,1-3H3,(H2,19,21,22). The van der Waals surface area contributed by atoms with Crippen LogP contribution in [0.5, 0.6) is 0 Å². The van der Waals surface area contributed by atoms with Crippen molar-refractivity contribution in [2.24, 2.45) is 4.99 Å². The first-order valence-corrected chi connectivity index (χ1v) is 11.3. The molecule has 0 radical (unpaired) electrons. The molecule has 1 aromatic heterocycles. The molecule has 0 bridgehead atoms. The molecular weight excluding hydrogens is 350 g/mol. The Balaban J connectivity index is 1.86. The highest BCUT2D eigenvalue weighted by Crippen LogP contribution is 2.18. The van der Waals surface area contributed by atoms with Gasteiger partial charge in [-0.15, -0.1) is 0 Å². The first-order valence-electron chi connectivity index (χ1n) is 9.22. The van der Waals surface area contributed by atoms with Gasteiger partial charge in [-0.05, 0) is 50.3 Å². The molecule has 1 unspecified atom stereocenters. The second-order valence-corrected chi connectivity index (χ2v) is 9.22. The molecular formula is C18H31N5O2S. The van der Waals surface area contributed by atoms with Gasteiger partial charge in [0.25, 0.3) is 0 Å². The predicted molar refractivity (Wildman–Crippen MR) is 107 cm³/mol. The Morgan fingerprint density at radius 1 is 1.35 bits per heavy atom. The molecule has 1 fully saturated rings. The Morgan fingerprint density at radius 3 is 2.73 bits per heavy atom. The summed E-state index contributed by atoms with van der Waals surface area (Å²) in [5, 5.41) is 6.52. The highest BCUT2D eigenvalue weighted by atomic mass is 32.2. The fraction of sp³-hybridized carbons (Fsp3) is 0.667. The molecule has 146 valence electrons. The molecule has 0 spiro atoms. The van der Waals surface area contributed by atoms with Gasteiger partial charge in [0.05, 0.1) is 5.75 Å². The Labute approximate surface area is 157 Å². The number of aromatic nitrogens is 1. The van der Waals surface area contributed by atoms with E-state index in [1.807, 2.05) is 19.2 Å². The first kappa shape index (κ1) is 20.5. The van der Waals surface area contributed by atoms with Crippen LogP contribution in [0.15, 0.2) is 23.3 Å². The van der Waals surface area contributed by atoms with Crippen molar-refractivity contribution in [3.63, 3.8) is 0 Å². The van der Waals surface area contributed by atoms with Crippen LogP contribution in [-0.2, 0) is 16.4 Å². The zero-order chi connectivity index (χ0) is 19.0. The fourth-order valence-corrected chi connectivity index (χ4v) is 3.73. The van der Waals surface area contributed by atoms with E-state index in [1.54, 1.807) is 7.05 Å². The maximum atomic E-state index is 11.3. The molecule has 2 rings (SSSR count). The number of pyridine rings is 1. The summed E-state index contributed by atoms with van der Waals surface area (Å²) in [6, 6.07) is 4.15. The van der Waals surface area contributed by atoms with Crippen molar-refractivity contribution in [3.05, 3.63) is 23.9 Å². The lowest BCUT2D eigenvalue weighted by molar-refractivity contribution is 0.573. The van der Waals surface area contributed by atoms with Gasteiger partial charge in [-0.3, -0.25) is 4.99 Å². The lowest BCUT2D eigenvalue weighted by Crippen LogP contribution is -2.42. The van der Waals surface area contributed by atoms with E-state index in [2.05, 4.69) is 31.6 Å². The average molecular weight is 382 g/mol. The number of hydrogen-bond acceptors (Lipinski definition) is 5. The highest BCUT2D eigenvalue weighted by molar-refractivity contribution is 7.90. The summed E-state index contributed by atoms with van der Waals surface area (Å²) in [7, 11) is -1.23. The number of nitrogens with one attached hydrogen (secondary N) is 2. The van der Waals surface area contributed by atoms with E-state index in [1.165, 1.54) is 25.5 Å². The molecule has 1 atom stereocenters. The van der Waals surface area contributed by atoms with E-state index in [0.29, 0.717) is 18.9 Å². The summed E-state index contributed by atoms with van der Waals surface area (Å²) in [4.78, 5) is 11.1. The predicted octanol–water partition coefficient (Wildman–Crippen LogP) is 1.56. The molecule has 26 heavy (non-hydrogen) atoms. The van der Waals surface area contributed by atoms with Crippen molar-refractivity contribution in [2.75, 3.05) is 37.0 Å². The minimum Gasteiger partial charge on any atom is -0.357 e. The fourth-order valence-electron chi connectivity index (χ4n) is 2.94. The van der Waals surface area contributed by atoms with Crippen LogP contribution >= 0.6 is 0 Å². The number of rotatable bonds is 7. The highest BCUT2D eigenvalue weighted by Gasteiger charge is 2.13. The summed E-state index contributed by atoms with van der Waals surface area (Å²) in [5.41, 5.74) is 1.15. The second kappa shape index (κ2) is 9.75. The van der Waals surface area contributed by atoms with Crippen LogP contribution in [0.1, 0.15) is 38.2 Å². The lowest BCUT2D eigenvalue weighted by atomic mass is 10.1. The van der Waals surface area contributed by atoms with E-state index in [4.69, 9.17) is 0 Å². The van der Waals surface area contributed by atoms with Crippen molar-refractivity contribution in [3.8, 4) is 0 Å². The Bertz CT molecular complexity index is 699. The molecule has 7 nitrogen and oxygen atoms in total. The molecule has 0 amide bonds. The molecule has 0 aromatic carbocycles. The lowest BCUT2D eigenvalue weighted by Gasteiger charge is -2.28. The summed E-state index contributed by atoms with van der Waals surface area (Å²) >= 11 is 0. The van der Waals surface area contributed by atoms with Crippen LogP contribution in [0.2, 0.25) is 0 Å². The third-order valence-corrected chi connectivity index (χ3v) is 5.46. The summed E-state index contributed by atoms with van der Waals surface area (Å²) in [5.74, 6) is 1.87. The molecule has 1 aliphatic heterocycles. The largest absolute Gasteiger partial charge is 0.357 e. The van der Waals surface area contributed by atoms with Crippen LogP contribution in [-0.4, -0.2) is 57.5 Å². The molecule has 0 aliphatic carbocycles. The van der Waals surface area contributed by atoms with Gasteiger partial charge in [0.1, 0.15) is 15.7 Å². The Hall–Kier alpha value is -1.83. The number of sulfone groups is 1. The Kier molecular flexibility index (Phi) is 7.68. The summed E-state index contributed by atoms with van der Waals surface area (Å²) in [6.45, 7) is 4.75. The van der Waals surface area contributed by atoms with Gasteiger partial charge >= 0.3 is 0 Å². The van der Waals surface area contributed by atoms with Crippen LogP contribution in [0.3, 0.4) is 0 Å². The SMILES string of the molecule is CN=C(NCc1ccnc(N2CCCCC2)c1)NC(C)CCS(C)(=O)=O. The van der Waals surface area contributed by atoms with E-state index in [-0.39, 0.29) is 11.8 Å². The summed E-state index contributed by atoms with van der Waals surface area (Å²) < 4.78 is 22.6. The van der Waals surface area contributed by atoms with Crippen LogP contribution < -0.4 is 15.5 Å². The van der Waals surface area contributed by atoms with E-state index in [0.717, 1.165) is 24.5 Å². The zero-order valence-corrected chi connectivity index (χ0v) is 16.8. The number of guanidine groups is 1. The minimum absolute atomic E-state index is 0.0253. The maximum absolute atomic E-state index is 11.3. The van der Waals surface area contributed by atoms with Gasteiger partial charge in [0.15, 0.2) is 5.96 Å². The van der Waals surface area contributed by atoms with Gasteiger partial charge in [-0.2, -0.15) is 0 Å². The number of anilines is 1. The van der Waals surface area contributed by atoms with Gasteiger partial charge in [-0.25, -0.2) is 13.4 Å². The second-order valence-electron chi connectivity index (χ2n) is 6.96. The van der Waals surface area contributed by atoms with Gasteiger partial charge < -0.3 is 15.5 Å².